The van der Waals surface area contributed by atoms with Crippen molar-refractivity contribution in [2.45, 2.75) is 44.6 Å². The molecule has 2 aromatic heterocycles. The molecule has 1 fully saturated rings. The van der Waals surface area contributed by atoms with Gasteiger partial charge in [-0.05, 0) is 35.2 Å². The summed E-state index contributed by atoms with van der Waals surface area (Å²) in [5, 5.41) is 14.2. The summed E-state index contributed by atoms with van der Waals surface area (Å²) in [7, 11) is 0. The number of hydrogen-bond donors (Lipinski definition) is 2. The van der Waals surface area contributed by atoms with Crippen LogP contribution in [0.5, 0.6) is 0 Å². The predicted molar refractivity (Wildman–Crippen MR) is 79.9 cm³/mol. The largest absolute Gasteiger partial charge is 0.348 e. The molecule has 4 nitrogen and oxygen atoms in total. The Morgan fingerprint density at radius 2 is 2.25 bits per heavy atom. The van der Waals surface area contributed by atoms with Crippen molar-refractivity contribution in [2.24, 2.45) is 0 Å². The first-order valence-corrected chi connectivity index (χ1v) is 8.11. The molecule has 1 amide bonds. The first-order chi connectivity index (χ1) is 9.84. The normalized spacial score (nSPS) is 16.2. The van der Waals surface area contributed by atoms with Crippen LogP contribution in [0.15, 0.2) is 23.0 Å². The number of aromatic amines is 1. The Hall–Kier alpha value is -1.62. The summed E-state index contributed by atoms with van der Waals surface area (Å²) in [6.07, 6.45) is 7.79. The fourth-order valence-corrected chi connectivity index (χ4v) is 3.52. The van der Waals surface area contributed by atoms with Gasteiger partial charge in [0.05, 0.1) is 17.5 Å². The van der Waals surface area contributed by atoms with Crippen molar-refractivity contribution in [1.29, 1.82) is 0 Å². The molecule has 0 unspecified atom stereocenters. The lowest BCUT2D eigenvalue weighted by atomic mass is 9.85. The molecule has 1 saturated carbocycles. The van der Waals surface area contributed by atoms with E-state index in [-0.39, 0.29) is 5.91 Å². The highest BCUT2D eigenvalue weighted by molar-refractivity contribution is 7.07. The number of amides is 1. The van der Waals surface area contributed by atoms with Crippen LogP contribution in [0.1, 0.15) is 59.6 Å². The second-order valence-corrected chi connectivity index (χ2v) is 6.13. The summed E-state index contributed by atoms with van der Waals surface area (Å²) < 4.78 is 0. The molecule has 0 spiro atoms. The number of nitrogens with zero attached hydrogens (tertiary/aromatic N) is 1. The summed E-state index contributed by atoms with van der Waals surface area (Å²) in [4.78, 5) is 12.3. The van der Waals surface area contributed by atoms with E-state index >= 15 is 0 Å². The van der Waals surface area contributed by atoms with Crippen molar-refractivity contribution in [3.63, 3.8) is 0 Å². The summed E-state index contributed by atoms with van der Waals surface area (Å²) in [5.41, 5.74) is 2.88. The maximum atomic E-state index is 12.3. The zero-order chi connectivity index (χ0) is 13.8. The van der Waals surface area contributed by atoms with E-state index < -0.39 is 0 Å². The van der Waals surface area contributed by atoms with E-state index in [9.17, 15) is 4.79 Å². The molecule has 0 aromatic carbocycles. The maximum absolute atomic E-state index is 12.3. The van der Waals surface area contributed by atoms with Crippen LogP contribution in [0.4, 0.5) is 0 Å². The highest BCUT2D eigenvalue weighted by Gasteiger charge is 2.23. The van der Waals surface area contributed by atoms with E-state index in [1.807, 2.05) is 11.4 Å². The van der Waals surface area contributed by atoms with Gasteiger partial charge in [0.2, 0.25) is 0 Å². The van der Waals surface area contributed by atoms with Gasteiger partial charge in [-0.15, -0.1) is 0 Å². The van der Waals surface area contributed by atoms with Gasteiger partial charge in [0.1, 0.15) is 0 Å². The average Bonchev–Trinajstić information content (AvgIpc) is 3.17. The molecule has 5 heteroatoms. The van der Waals surface area contributed by atoms with Crippen molar-refractivity contribution in [3.05, 3.63) is 39.8 Å². The molecule has 0 bridgehead atoms. The smallest absolute Gasteiger partial charge is 0.255 e. The highest BCUT2D eigenvalue weighted by Crippen LogP contribution is 2.33. The van der Waals surface area contributed by atoms with E-state index in [0.717, 1.165) is 24.1 Å². The quantitative estimate of drug-likeness (QED) is 0.905. The molecule has 2 N–H and O–H groups in total. The Morgan fingerprint density at radius 3 is 3.00 bits per heavy atom. The van der Waals surface area contributed by atoms with E-state index in [0.29, 0.717) is 18.0 Å². The predicted octanol–water partition coefficient (Wildman–Crippen LogP) is 3.45. The van der Waals surface area contributed by atoms with Gasteiger partial charge < -0.3 is 5.32 Å². The van der Waals surface area contributed by atoms with Gasteiger partial charge in [-0.25, -0.2) is 0 Å². The zero-order valence-electron chi connectivity index (χ0n) is 11.4. The Bertz CT molecular complexity index is 555. The molecule has 2 aromatic rings. The van der Waals surface area contributed by atoms with Crippen molar-refractivity contribution in [2.75, 3.05) is 0 Å². The van der Waals surface area contributed by atoms with E-state index in [1.165, 1.54) is 19.3 Å². The van der Waals surface area contributed by atoms with Crippen molar-refractivity contribution < 1.29 is 4.79 Å². The van der Waals surface area contributed by atoms with Crippen molar-refractivity contribution >= 4 is 17.2 Å². The van der Waals surface area contributed by atoms with Crippen LogP contribution < -0.4 is 5.32 Å². The maximum Gasteiger partial charge on any atom is 0.255 e. The lowest BCUT2D eigenvalue weighted by Crippen LogP contribution is -2.24. The van der Waals surface area contributed by atoms with Crippen molar-refractivity contribution in [3.8, 4) is 0 Å². The Kier molecular flexibility index (Phi) is 4.16. The summed E-state index contributed by atoms with van der Waals surface area (Å²) in [6.45, 7) is 0.581. The fraction of sp³-hybridized carbons (Fsp3) is 0.467. The molecular weight excluding hydrogens is 270 g/mol. The van der Waals surface area contributed by atoms with Crippen LogP contribution in [0.2, 0.25) is 0 Å². The number of aromatic nitrogens is 2. The van der Waals surface area contributed by atoms with Gasteiger partial charge in [-0.1, -0.05) is 19.3 Å². The van der Waals surface area contributed by atoms with Gasteiger partial charge in [0, 0.05) is 12.5 Å². The molecule has 106 valence electrons. The zero-order valence-corrected chi connectivity index (χ0v) is 12.2. The standard InChI is InChI=1S/C15H19N3OS/c19-15(16-8-11-6-7-20-10-11)13-9-17-18-14(13)12-4-2-1-3-5-12/h6-7,9-10,12H,1-5,8H2,(H,16,19)(H,17,18). The number of carbonyl (C=O) groups is 1. The number of rotatable bonds is 4. The number of carbonyl (C=O) groups excluding carboxylic acids is 1. The Balaban J connectivity index is 1.67. The Morgan fingerprint density at radius 1 is 1.40 bits per heavy atom. The summed E-state index contributed by atoms with van der Waals surface area (Å²) in [6, 6.07) is 2.03. The average molecular weight is 289 g/mol. The van der Waals surface area contributed by atoms with Crippen LogP contribution in [0.25, 0.3) is 0 Å². The molecule has 0 radical (unpaired) electrons. The lowest BCUT2D eigenvalue weighted by Gasteiger charge is -2.21. The first-order valence-electron chi connectivity index (χ1n) is 7.17. The van der Waals surface area contributed by atoms with Crippen LogP contribution >= 0.6 is 11.3 Å². The molecule has 20 heavy (non-hydrogen) atoms. The van der Waals surface area contributed by atoms with E-state index in [2.05, 4.69) is 20.9 Å². The molecule has 0 saturated heterocycles. The molecular formula is C15H19N3OS. The van der Waals surface area contributed by atoms with E-state index in [4.69, 9.17) is 0 Å². The summed E-state index contributed by atoms with van der Waals surface area (Å²) in [5.74, 6) is 0.443. The fourth-order valence-electron chi connectivity index (χ4n) is 2.85. The van der Waals surface area contributed by atoms with Gasteiger partial charge in [0.25, 0.3) is 5.91 Å². The third kappa shape index (κ3) is 2.93. The van der Waals surface area contributed by atoms with Gasteiger partial charge in [0.15, 0.2) is 0 Å². The Labute approximate surface area is 122 Å². The minimum atomic E-state index is -0.0227. The monoisotopic (exact) mass is 289 g/mol. The van der Waals surface area contributed by atoms with Crippen LogP contribution in [-0.2, 0) is 6.54 Å². The van der Waals surface area contributed by atoms with E-state index in [1.54, 1.807) is 17.5 Å². The third-order valence-electron chi connectivity index (χ3n) is 3.96. The van der Waals surface area contributed by atoms with Crippen LogP contribution in [0.3, 0.4) is 0 Å². The van der Waals surface area contributed by atoms with Gasteiger partial charge >= 0.3 is 0 Å². The number of thiophene rings is 1. The SMILES string of the molecule is O=C(NCc1ccsc1)c1cn[nH]c1C1CCCCC1. The number of nitrogens with one attached hydrogen (secondary N) is 2. The van der Waals surface area contributed by atoms with Gasteiger partial charge in [-0.3, -0.25) is 9.89 Å². The third-order valence-corrected chi connectivity index (χ3v) is 4.69. The van der Waals surface area contributed by atoms with Gasteiger partial charge in [-0.2, -0.15) is 16.4 Å². The number of H-pyrrole nitrogens is 1. The number of hydrogen-bond acceptors (Lipinski definition) is 3. The summed E-state index contributed by atoms with van der Waals surface area (Å²) >= 11 is 1.64. The van der Waals surface area contributed by atoms with Crippen molar-refractivity contribution in [1.82, 2.24) is 15.5 Å². The molecule has 0 aliphatic heterocycles. The molecule has 2 heterocycles. The molecule has 1 aliphatic rings. The van der Waals surface area contributed by atoms with Crippen LogP contribution in [-0.4, -0.2) is 16.1 Å². The van der Waals surface area contributed by atoms with Crippen LogP contribution in [0, 0.1) is 0 Å². The molecule has 3 rings (SSSR count). The minimum absolute atomic E-state index is 0.0227. The lowest BCUT2D eigenvalue weighted by molar-refractivity contribution is 0.0949. The first kappa shape index (κ1) is 13.4. The second kappa shape index (κ2) is 6.22. The minimum Gasteiger partial charge on any atom is -0.348 e. The molecule has 1 aliphatic carbocycles. The highest BCUT2D eigenvalue weighted by atomic mass is 32.1. The second-order valence-electron chi connectivity index (χ2n) is 5.35. The molecule has 0 atom stereocenters. The topological polar surface area (TPSA) is 57.8 Å².